The summed E-state index contributed by atoms with van der Waals surface area (Å²) in [4.78, 5) is 6.53. The molecule has 0 unspecified atom stereocenters. The maximum absolute atomic E-state index is 8.80. The first-order valence-electron chi connectivity index (χ1n) is 6.88. The summed E-state index contributed by atoms with van der Waals surface area (Å²) in [7, 11) is 0. The summed E-state index contributed by atoms with van der Waals surface area (Å²) >= 11 is 0. The lowest BCUT2D eigenvalue weighted by Crippen LogP contribution is -2.34. The van der Waals surface area contributed by atoms with Crippen molar-refractivity contribution in [1.82, 2.24) is 19.7 Å². The van der Waals surface area contributed by atoms with Gasteiger partial charge < -0.3 is 9.47 Å². The summed E-state index contributed by atoms with van der Waals surface area (Å²) in [5.41, 5.74) is 0.588. The third-order valence-corrected chi connectivity index (χ3v) is 3.93. The van der Waals surface area contributed by atoms with E-state index in [9.17, 15) is 0 Å². The molecule has 6 nitrogen and oxygen atoms in total. The van der Waals surface area contributed by atoms with Crippen molar-refractivity contribution >= 4 is 5.82 Å². The van der Waals surface area contributed by atoms with Crippen LogP contribution in [0.4, 0.5) is 5.82 Å². The molecule has 3 heterocycles. The number of fused-ring (bicyclic) bond motifs is 1. The predicted molar refractivity (Wildman–Crippen MR) is 72.0 cm³/mol. The van der Waals surface area contributed by atoms with Gasteiger partial charge in [-0.15, -0.1) is 10.2 Å². The predicted octanol–water partition coefficient (Wildman–Crippen LogP) is 1.44. The fourth-order valence-corrected chi connectivity index (χ4v) is 2.66. The van der Waals surface area contributed by atoms with Crippen molar-refractivity contribution in [3.63, 3.8) is 0 Å². The second-order valence-corrected chi connectivity index (χ2v) is 5.34. The van der Waals surface area contributed by atoms with Gasteiger partial charge in [0.2, 0.25) is 0 Å². The highest BCUT2D eigenvalue weighted by atomic mass is 15.4. The van der Waals surface area contributed by atoms with Crippen LogP contribution in [0.15, 0.2) is 18.3 Å². The SMILES string of the molecule is N#Cc1ccc(N2CCn3c(nnc3C3CC3)C2)nc1. The number of aromatic nitrogens is 4. The summed E-state index contributed by atoms with van der Waals surface area (Å²) in [6, 6.07) is 5.79. The van der Waals surface area contributed by atoms with E-state index in [1.54, 1.807) is 12.3 Å². The summed E-state index contributed by atoms with van der Waals surface area (Å²) in [6.07, 6.45) is 4.11. The van der Waals surface area contributed by atoms with E-state index in [4.69, 9.17) is 5.26 Å². The van der Waals surface area contributed by atoms with Gasteiger partial charge in [0, 0.05) is 25.2 Å². The molecule has 1 aliphatic heterocycles. The number of anilines is 1. The zero-order valence-corrected chi connectivity index (χ0v) is 11.0. The van der Waals surface area contributed by atoms with Gasteiger partial charge in [0.15, 0.2) is 5.82 Å². The highest BCUT2D eigenvalue weighted by Crippen LogP contribution is 2.39. The van der Waals surface area contributed by atoms with Crippen LogP contribution in [0.3, 0.4) is 0 Å². The number of pyridine rings is 1. The molecule has 0 aromatic carbocycles. The first-order valence-corrected chi connectivity index (χ1v) is 6.88. The monoisotopic (exact) mass is 266 g/mol. The molecule has 0 spiro atoms. The molecule has 0 bridgehead atoms. The van der Waals surface area contributed by atoms with E-state index >= 15 is 0 Å². The van der Waals surface area contributed by atoms with Crippen molar-refractivity contribution in [2.24, 2.45) is 0 Å². The van der Waals surface area contributed by atoms with Gasteiger partial charge >= 0.3 is 0 Å². The molecule has 0 saturated heterocycles. The maximum Gasteiger partial charge on any atom is 0.152 e. The lowest BCUT2D eigenvalue weighted by molar-refractivity contribution is 0.540. The molecule has 100 valence electrons. The van der Waals surface area contributed by atoms with E-state index in [0.29, 0.717) is 11.5 Å². The van der Waals surface area contributed by atoms with Crippen molar-refractivity contribution in [2.45, 2.75) is 31.8 Å². The molecular weight excluding hydrogens is 252 g/mol. The Morgan fingerprint density at radius 3 is 2.80 bits per heavy atom. The molecule has 0 amide bonds. The Balaban J connectivity index is 1.58. The molecule has 0 N–H and O–H groups in total. The van der Waals surface area contributed by atoms with Gasteiger partial charge in [-0.1, -0.05) is 0 Å². The molecule has 1 saturated carbocycles. The summed E-state index contributed by atoms with van der Waals surface area (Å²) < 4.78 is 2.26. The fraction of sp³-hybridized carbons (Fsp3) is 0.429. The van der Waals surface area contributed by atoms with Crippen LogP contribution in [0.1, 0.15) is 36.0 Å². The molecule has 1 fully saturated rings. The number of hydrogen-bond donors (Lipinski definition) is 0. The van der Waals surface area contributed by atoms with Gasteiger partial charge in [-0.2, -0.15) is 5.26 Å². The average molecular weight is 266 g/mol. The van der Waals surface area contributed by atoms with Crippen molar-refractivity contribution < 1.29 is 0 Å². The number of nitriles is 1. The second-order valence-electron chi connectivity index (χ2n) is 5.34. The summed E-state index contributed by atoms with van der Waals surface area (Å²) in [5.74, 6) is 3.71. The van der Waals surface area contributed by atoms with Crippen LogP contribution in [-0.2, 0) is 13.1 Å². The Morgan fingerprint density at radius 2 is 2.10 bits per heavy atom. The summed E-state index contributed by atoms with van der Waals surface area (Å²) in [6.45, 7) is 2.55. The van der Waals surface area contributed by atoms with Crippen LogP contribution in [-0.4, -0.2) is 26.3 Å². The smallest absolute Gasteiger partial charge is 0.152 e. The van der Waals surface area contributed by atoms with Gasteiger partial charge in [-0.05, 0) is 25.0 Å². The minimum Gasteiger partial charge on any atom is -0.347 e. The Kier molecular flexibility index (Phi) is 2.46. The molecule has 6 heteroatoms. The van der Waals surface area contributed by atoms with Crippen LogP contribution < -0.4 is 4.90 Å². The maximum atomic E-state index is 8.80. The van der Waals surface area contributed by atoms with Gasteiger partial charge in [-0.25, -0.2) is 4.98 Å². The van der Waals surface area contributed by atoms with Crippen LogP contribution in [0.2, 0.25) is 0 Å². The molecule has 1 aliphatic carbocycles. The van der Waals surface area contributed by atoms with Crippen LogP contribution in [0, 0.1) is 11.3 Å². The van der Waals surface area contributed by atoms with Crippen molar-refractivity contribution in [3.05, 3.63) is 35.5 Å². The van der Waals surface area contributed by atoms with Crippen molar-refractivity contribution in [1.29, 1.82) is 5.26 Å². The van der Waals surface area contributed by atoms with E-state index in [1.807, 2.05) is 6.07 Å². The van der Waals surface area contributed by atoms with Gasteiger partial charge in [0.1, 0.15) is 17.7 Å². The topological polar surface area (TPSA) is 70.6 Å². The molecule has 0 radical (unpaired) electrons. The third kappa shape index (κ3) is 1.83. The second kappa shape index (κ2) is 4.30. The minimum atomic E-state index is 0.588. The Hall–Kier alpha value is -2.42. The highest BCUT2D eigenvalue weighted by molar-refractivity contribution is 5.42. The zero-order chi connectivity index (χ0) is 13.5. The molecule has 2 aromatic rings. The highest BCUT2D eigenvalue weighted by Gasteiger charge is 2.32. The normalized spacial score (nSPS) is 17.6. The zero-order valence-electron chi connectivity index (χ0n) is 11.0. The molecule has 0 atom stereocenters. The fourth-order valence-electron chi connectivity index (χ4n) is 2.66. The van der Waals surface area contributed by atoms with Gasteiger partial charge in [-0.3, -0.25) is 0 Å². The Bertz CT molecular complexity index is 677. The van der Waals surface area contributed by atoms with E-state index in [2.05, 4.69) is 30.7 Å². The molecule has 4 rings (SSSR count). The van der Waals surface area contributed by atoms with E-state index in [0.717, 1.165) is 37.1 Å². The Labute approximate surface area is 116 Å². The van der Waals surface area contributed by atoms with Gasteiger partial charge in [0.25, 0.3) is 0 Å². The van der Waals surface area contributed by atoms with Crippen molar-refractivity contribution in [2.75, 3.05) is 11.4 Å². The van der Waals surface area contributed by atoms with E-state index in [1.165, 1.54) is 12.8 Å². The quantitative estimate of drug-likeness (QED) is 0.822. The minimum absolute atomic E-state index is 0.588. The molecule has 2 aliphatic rings. The van der Waals surface area contributed by atoms with E-state index in [-0.39, 0.29) is 0 Å². The average Bonchev–Trinajstić information content (AvgIpc) is 3.26. The first kappa shape index (κ1) is 11.4. The first-order chi connectivity index (χ1) is 9.85. The number of rotatable bonds is 2. The van der Waals surface area contributed by atoms with E-state index < -0.39 is 0 Å². The van der Waals surface area contributed by atoms with Crippen molar-refractivity contribution in [3.8, 4) is 6.07 Å². The number of nitrogens with zero attached hydrogens (tertiary/aromatic N) is 6. The van der Waals surface area contributed by atoms with Crippen LogP contribution >= 0.6 is 0 Å². The third-order valence-electron chi connectivity index (χ3n) is 3.93. The van der Waals surface area contributed by atoms with Crippen LogP contribution in [0.5, 0.6) is 0 Å². The molecule has 2 aromatic heterocycles. The molecular formula is C14H14N6. The molecule has 20 heavy (non-hydrogen) atoms. The largest absolute Gasteiger partial charge is 0.347 e. The van der Waals surface area contributed by atoms with Gasteiger partial charge in [0.05, 0.1) is 12.1 Å². The lowest BCUT2D eigenvalue weighted by atomic mass is 10.2. The lowest BCUT2D eigenvalue weighted by Gasteiger charge is -2.28. The standard InChI is InChI=1S/C14H14N6/c15-7-10-1-4-12(16-8-10)19-5-6-20-13(9-19)17-18-14(20)11-2-3-11/h1,4,8,11H,2-3,5-6,9H2. The van der Waals surface area contributed by atoms with Crippen LogP contribution in [0.25, 0.3) is 0 Å². The Morgan fingerprint density at radius 1 is 1.20 bits per heavy atom. The summed E-state index contributed by atoms with van der Waals surface area (Å²) in [5, 5.41) is 17.5. The number of hydrogen-bond acceptors (Lipinski definition) is 5.